The van der Waals surface area contributed by atoms with Gasteiger partial charge < -0.3 is 9.67 Å². The molecule has 1 N–H and O–H groups in total. The molecule has 0 bridgehead atoms. The highest BCUT2D eigenvalue weighted by molar-refractivity contribution is 4.97. The van der Waals surface area contributed by atoms with E-state index in [-0.39, 0.29) is 12.1 Å². The average molecular weight is 194 g/mol. The molecule has 1 heterocycles. The number of imidazole rings is 1. The predicted octanol–water partition coefficient (Wildman–Crippen LogP) is 1.92. The van der Waals surface area contributed by atoms with Crippen LogP contribution in [0.1, 0.15) is 44.5 Å². The molecule has 1 aromatic heterocycles. The summed E-state index contributed by atoms with van der Waals surface area (Å²) in [5, 5.41) is 9.91. The van der Waals surface area contributed by atoms with Crippen LogP contribution in [0.25, 0.3) is 0 Å². The summed E-state index contributed by atoms with van der Waals surface area (Å²) in [6, 6.07) is 0.265. The van der Waals surface area contributed by atoms with Crippen molar-refractivity contribution in [1.29, 1.82) is 0 Å². The standard InChI is InChI=1S/C11H18N2O/c1-2-11-12-7-8-13(11)9-5-3-4-6-10(9)14/h7-10,14H,2-6H2,1H3. The molecule has 1 aromatic rings. The third-order valence-electron chi connectivity index (χ3n) is 3.12. The van der Waals surface area contributed by atoms with Crippen molar-refractivity contribution in [3.05, 3.63) is 18.2 Å². The highest BCUT2D eigenvalue weighted by Crippen LogP contribution is 2.29. The lowest BCUT2D eigenvalue weighted by atomic mass is 9.92. The largest absolute Gasteiger partial charge is 0.391 e. The zero-order chi connectivity index (χ0) is 9.97. The summed E-state index contributed by atoms with van der Waals surface area (Å²) in [6.45, 7) is 2.11. The average Bonchev–Trinajstić information content (AvgIpc) is 2.66. The van der Waals surface area contributed by atoms with E-state index in [0.29, 0.717) is 0 Å². The smallest absolute Gasteiger partial charge is 0.108 e. The Labute approximate surface area is 84.8 Å². The fourth-order valence-electron chi connectivity index (χ4n) is 2.34. The van der Waals surface area contributed by atoms with Crippen LogP contribution >= 0.6 is 0 Å². The third-order valence-corrected chi connectivity index (χ3v) is 3.12. The summed E-state index contributed by atoms with van der Waals surface area (Å²) in [7, 11) is 0. The second-order valence-corrected chi connectivity index (χ2v) is 4.02. The van der Waals surface area contributed by atoms with Crippen molar-refractivity contribution in [2.45, 2.75) is 51.2 Å². The molecule has 0 saturated heterocycles. The van der Waals surface area contributed by atoms with Crippen molar-refractivity contribution in [2.75, 3.05) is 0 Å². The first-order valence-corrected chi connectivity index (χ1v) is 5.52. The summed E-state index contributed by atoms with van der Waals surface area (Å²) in [5.41, 5.74) is 0. The van der Waals surface area contributed by atoms with Crippen LogP contribution in [0.15, 0.2) is 12.4 Å². The van der Waals surface area contributed by atoms with E-state index in [2.05, 4.69) is 16.5 Å². The van der Waals surface area contributed by atoms with E-state index < -0.39 is 0 Å². The number of aromatic nitrogens is 2. The molecule has 0 amide bonds. The molecular weight excluding hydrogens is 176 g/mol. The van der Waals surface area contributed by atoms with E-state index in [9.17, 15) is 5.11 Å². The summed E-state index contributed by atoms with van der Waals surface area (Å²) in [6.07, 6.45) is 9.00. The van der Waals surface area contributed by atoms with Crippen molar-refractivity contribution < 1.29 is 5.11 Å². The number of nitrogens with zero attached hydrogens (tertiary/aromatic N) is 2. The Kier molecular flexibility index (Phi) is 2.87. The molecule has 3 nitrogen and oxygen atoms in total. The molecule has 78 valence electrons. The van der Waals surface area contributed by atoms with E-state index in [1.165, 1.54) is 6.42 Å². The van der Waals surface area contributed by atoms with Gasteiger partial charge in [0.25, 0.3) is 0 Å². The van der Waals surface area contributed by atoms with Gasteiger partial charge in [0.1, 0.15) is 5.82 Å². The lowest BCUT2D eigenvalue weighted by Crippen LogP contribution is -2.28. The van der Waals surface area contributed by atoms with Gasteiger partial charge in [0.15, 0.2) is 0 Å². The van der Waals surface area contributed by atoms with Gasteiger partial charge in [0, 0.05) is 18.8 Å². The first-order valence-electron chi connectivity index (χ1n) is 5.52. The van der Waals surface area contributed by atoms with Crippen LogP contribution in [-0.2, 0) is 6.42 Å². The van der Waals surface area contributed by atoms with Crippen LogP contribution in [0.4, 0.5) is 0 Å². The highest BCUT2D eigenvalue weighted by Gasteiger charge is 2.25. The first kappa shape index (κ1) is 9.71. The minimum atomic E-state index is -0.178. The van der Waals surface area contributed by atoms with Gasteiger partial charge in [0.05, 0.1) is 12.1 Å². The number of aryl methyl sites for hydroxylation is 1. The summed E-state index contributed by atoms with van der Waals surface area (Å²) in [5.74, 6) is 1.09. The Balaban J connectivity index is 2.20. The van der Waals surface area contributed by atoms with Gasteiger partial charge in [-0.1, -0.05) is 19.8 Å². The maximum Gasteiger partial charge on any atom is 0.108 e. The molecule has 1 saturated carbocycles. The van der Waals surface area contributed by atoms with Crippen molar-refractivity contribution >= 4 is 0 Å². The van der Waals surface area contributed by atoms with Gasteiger partial charge in [-0.15, -0.1) is 0 Å². The number of rotatable bonds is 2. The fourth-order valence-corrected chi connectivity index (χ4v) is 2.34. The van der Waals surface area contributed by atoms with Crippen LogP contribution < -0.4 is 0 Å². The maximum absolute atomic E-state index is 9.91. The van der Waals surface area contributed by atoms with Gasteiger partial charge in [-0.25, -0.2) is 4.98 Å². The van der Waals surface area contributed by atoms with Crippen molar-refractivity contribution in [2.24, 2.45) is 0 Å². The molecule has 1 fully saturated rings. The van der Waals surface area contributed by atoms with Crippen molar-refractivity contribution in [3.63, 3.8) is 0 Å². The topological polar surface area (TPSA) is 38.0 Å². The van der Waals surface area contributed by atoms with Gasteiger partial charge in [-0.3, -0.25) is 0 Å². The van der Waals surface area contributed by atoms with E-state index in [4.69, 9.17) is 0 Å². The molecule has 1 aliphatic rings. The van der Waals surface area contributed by atoms with Gasteiger partial charge in [0.2, 0.25) is 0 Å². The molecule has 2 atom stereocenters. The Morgan fingerprint density at radius 3 is 3.00 bits per heavy atom. The summed E-state index contributed by atoms with van der Waals surface area (Å²) < 4.78 is 2.16. The Morgan fingerprint density at radius 1 is 1.50 bits per heavy atom. The molecule has 1 aliphatic carbocycles. The second kappa shape index (κ2) is 4.13. The number of aliphatic hydroxyl groups excluding tert-OH is 1. The predicted molar refractivity (Wildman–Crippen MR) is 55.1 cm³/mol. The highest BCUT2D eigenvalue weighted by atomic mass is 16.3. The lowest BCUT2D eigenvalue weighted by Gasteiger charge is -2.29. The maximum atomic E-state index is 9.91. The minimum absolute atomic E-state index is 0.178. The third kappa shape index (κ3) is 1.69. The zero-order valence-corrected chi connectivity index (χ0v) is 8.69. The van der Waals surface area contributed by atoms with Gasteiger partial charge >= 0.3 is 0 Å². The van der Waals surface area contributed by atoms with Crippen LogP contribution in [0.3, 0.4) is 0 Å². The quantitative estimate of drug-likeness (QED) is 0.781. The van der Waals surface area contributed by atoms with E-state index >= 15 is 0 Å². The number of aliphatic hydroxyl groups is 1. The molecular formula is C11H18N2O. The van der Waals surface area contributed by atoms with Crippen LogP contribution in [-0.4, -0.2) is 20.8 Å². The molecule has 0 radical (unpaired) electrons. The fraction of sp³-hybridized carbons (Fsp3) is 0.727. The van der Waals surface area contributed by atoms with E-state index in [1.54, 1.807) is 0 Å². The molecule has 0 spiro atoms. The SMILES string of the molecule is CCc1nccn1C1CCCCC1O. The molecule has 3 heteroatoms. The van der Waals surface area contributed by atoms with Crippen molar-refractivity contribution in [3.8, 4) is 0 Å². The normalized spacial score (nSPS) is 27.9. The van der Waals surface area contributed by atoms with E-state index in [1.807, 2.05) is 12.4 Å². The number of hydrogen-bond acceptors (Lipinski definition) is 2. The minimum Gasteiger partial charge on any atom is -0.391 e. The Hall–Kier alpha value is -0.830. The van der Waals surface area contributed by atoms with Crippen LogP contribution in [0.2, 0.25) is 0 Å². The van der Waals surface area contributed by atoms with Gasteiger partial charge in [-0.05, 0) is 12.8 Å². The molecule has 2 rings (SSSR count). The second-order valence-electron chi connectivity index (χ2n) is 4.02. The van der Waals surface area contributed by atoms with Crippen LogP contribution in [0.5, 0.6) is 0 Å². The monoisotopic (exact) mass is 194 g/mol. The molecule has 14 heavy (non-hydrogen) atoms. The van der Waals surface area contributed by atoms with E-state index in [0.717, 1.165) is 31.5 Å². The van der Waals surface area contributed by atoms with Gasteiger partial charge in [-0.2, -0.15) is 0 Å². The molecule has 0 aliphatic heterocycles. The number of hydrogen-bond donors (Lipinski definition) is 1. The Morgan fingerprint density at radius 2 is 2.29 bits per heavy atom. The Bertz CT molecular complexity index is 295. The lowest BCUT2D eigenvalue weighted by molar-refractivity contribution is 0.0741. The summed E-state index contributed by atoms with van der Waals surface area (Å²) in [4.78, 5) is 4.30. The molecule has 2 unspecified atom stereocenters. The summed E-state index contributed by atoms with van der Waals surface area (Å²) >= 11 is 0. The first-order chi connectivity index (χ1) is 6.83. The zero-order valence-electron chi connectivity index (χ0n) is 8.69. The van der Waals surface area contributed by atoms with Crippen molar-refractivity contribution in [1.82, 2.24) is 9.55 Å². The molecule has 0 aromatic carbocycles. The van der Waals surface area contributed by atoms with Crippen LogP contribution in [0, 0.1) is 0 Å².